The average Bonchev–Trinajstić information content (AvgIpc) is 3.14. The van der Waals surface area contributed by atoms with Gasteiger partial charge >= 0.3 is 0 Å². The Morgan fingerprint density at radius 1 is 1.11 bits per heavy atom. The highest BCUT2D eigenvalue weighted by atomic mass is 79.9. The summed E-state index contributed by atoms with van der Waals surface area (Å²) >= 11 is 3.47. The summed E-state index contributed by atoms with van der Waals surface area (Å²) in [6.45, 7) is 2.14. The molecule has 0 spiro atoms. The third-order valence-corrected chi connectivity index (χ3v) is 7.91. The van der Waals surface area contributed by atoms with Crippen molar-refractivity contribution in [3.8, 4) is 0 Å². The number of carbonyl (C=O) groups excluding carboxylic acids is 2. The number of carbonyl (C=O) groups is 2. The van der Waals surface area contributed by atoms with Crippen LogP contribution in [-0.2, 0) is 28.2 Å². The monoisotopic (exact) mass is 560 g/mol. The van der Waals surface area contributed by atoms with Crippen molar-refractivity contribution in [3.63, 3.8) is 0 Å². The summed E-state index contributed by atoms with van der Waals surface area (Å²) in [6.07, 6.45) is 4.19. The first-order chi connectivity index (χ1) is 17.8. The van der Waals surface area contributed by atoms with E-state index in [4.69, 9.17) is 0 Å². The molecule has 0 aliphatic carbocycles. The van der Waals surface area contributed by atoms with E-state index in [1.807, 2.05) is 66.7 Å². The van der Waals surface area contributed by atoms with Gasteiger partial charge in [-0.05, 0) is 47.9 Å². The lowest BCUT2D eigenvalue weighted by atomic mass is 9.83. The van der Waals surface area contributed by atoms with E-state index in [1.54, 1.807) is 34.9 Å². The summed E-state index contributed by atoms with van der Waals surface area (Å²) in [5.74, 6) is -1.12. The molecule has 37 heavy (non-hydrogen) atoms. The zero-order valence-electron chi connectivity index (χ0n) is 20.5. The Morgan fingerprint density at radius 3 is 2.54 bits per heavy atom. The highest BCUT2D eigenvalue weighted by molar-refractivity contribution is 9.10. The van der Waals surface area contributed by atoms with Crippen LogP contribution in [0.5, 0.6) is 0 Å². The van der Waals surface area contributed by atoms with Crippen molar-refractivity contribution >= 4 is 39.1 Å². The quantitative estimate of drug-likeness (QED) is 0.422. The Labute approximate surface area is 225 Å². The lowest BCUT2D eigenvalue weighted by molar-refractivity contribution is -0.138. The van der Waals surface area contributed by atoms with Crippen molar-refractivity contribution in [2.45, 2.75) is 38.0 Å². The normalized spacial score (nSPS) is 21.7. The van der Waals surface area contributed by atoms with E-state index in [0.29, 0.717) is 29.9 Å². The largest absolute Gasteiger partial charge is 0.394 e. The molecule has 5 rings (SSSR count). The molecule has 2 N–H and O–H groups in total. The van der Waals surface area contributed by atoms with E-state index in [9.17, 15) is 19.8 Å². The van der Waals surface area contributed by atoms with Crippen LogP contribution in [0.3, 0.4) is 0 Å². The minimum atomic E-state index is -1.79. The topological polar surface area (TPSA) is 81.1 Å². The molecule has 3 aromatic carbocycles. The van der Waals surface area contributed by atoms with E-state index in [2.05, 4.69) is 15.9 Å². The minimum Gasteiger partial charge on any atom is -0.394 e. The van der Waals surface area contributed by atoms with Crippen molar-refractivity contribution in [3.05, 3.63) is 106 Å². The van der Waals surface area contributed by atoms with Crippen LogP contribution >= 0.6 is 15.9 Å². The molecule has 0 radical (unpaired) electrons. The van der Waals surface area contributed by atoms with E-state index >= 15 is 0 Å². The number of fused-ring (bicyclic) bond motifs is 2. The zero-order chi connectivity index (χ0) is 26.2. The van der Waals surface area contributed by atoms with Gasteiger partial charge in [0.2, 0.25) is 5.91 Å². The van der Waals surface area contributed by atoms with Gasteiger partial charge in [-0.3, -0.25) is 14.5 Å². The van der Waals surface area contributed by atoms with Gasteiger partial charge in [0.05, 0.1) is 18.3 Å². The van der Waals surface area contributed by atoms with Crippen molar-refractivity contribution < 1.29 is 19.8 Å². The Morgan fingerprint density at radius 2 is 1.81 bits per heavy atom. The maximum absolute atomic E-state index is 13.7. The molecule has 2 amide bonds. The number of aliphatic hydroxyl groups excluding tert-OH is 1. The molecule has 3 atom stereocenters. The van der Waals surface area contributed by atoms with Gasteiger partial charge in [-0.25, -0.2) is 0 Å². The first kappa shape index (κ1) is 25.4. The number of rotatable bonds is 6. The summed E-state index contributed by atoms with van der Waals surface area (Å²) in [6, 6.07) is 22.4. The summed E-state index contributed by atoms with van der Waals surface area (Å²) in [4.78, 5) is 30.1. The molecular formula is C30H29BrN2O4. The molecule has 0 bridgehead atoms. The molecule has 3 aromatic rings. The van der Waals surface area contributed by atoms with E-state index in [-0.39, 0.29) is 25.0 Å². The second kappa shape index (κ2) is 10.2. The number of benzene rings is 3. The lowest BCUT2D eigenvalue weighted by Crippen LogP contribution is -2.46. The number of aliphatic hydroxyl groups is 2. The predicted molar refractivity (Wildman–Crippen MR) is 146 cm³/mol. The van der Waals surface area contributed by atoms with Crippen molar-refractivity contribution in [1.29, 1.82) is 0 Å². The summed E-state index contributed by atoms with van der Waals surface area (Å²) in [5, 5.41) is 21.7. The van der Waals surface area contributed by atoms with Crippen LogP contribution in [0.25, 0.3) is 0 Å². The first-order valence-electron chi connectivity index (χ1n) is 12.4. The van der Waals surface area contributed by atoms with Crippen molar-refractivity contribution in [1.82, 2.24) is 4.90 Å². The maximum atomic E-state index is 13.7. The van der Waals surface area contributed by atoms with Gasteiger partial charge in [0, 0.05) is 34.6 Å². The maximum Gasteiger partial charge on any atom is 0.268 e. The van der Waals surface area contributed by atoms with Crippen LogP contribution in [0.4, 0.5) is 11.4 Å². The minimum absolute atomic E-state index is 0.101. The highest BCUT2D eigenvalue weighted by Gasteiger charge is 2.53. The fourth-order valence-corrected chi connectivity index (χ4v) is 5.71. The predicted octanol–water partition coefficient (Wildman–Crippen LogP) is 4.84. The van der Waals surface area contributed by atoms with Crippen molar-refractivity contribution in [2.75, 3.05) is 11.5 Å². The molecule has 0 unspecified atom stereocenters. The molecule has 0 aromatic heterocycles. The fraction of sp³-hybridized carbons (Fsp3) is 0.267. The molecule has 0 saturated heterocycles. The number of amides is 2. The van der Waals surface area contributed by atoms with E-state index < -0.39 is 17.4 Å². The van der Waals surface area contributed by atoms with Gasteiger partial charge in [0.15, 0.2) is 5.60 Å². The van der Waals surface area contributed by atoms with Gasteiger partial charge in [-0.15, -0.1) is 0 Å². The number of hydrogen-bond donors (Lipinski definition) is 2. The van der Waals surface area contributed by atoms with E-state index in [1.165, 1.54) is 0 Å². The van der Waals surface area contributed by atoms with Crippen LogP contribution in [0.1, 0.15) is 30.0 Å². The Balaban J connectivity index is 1.37. The molecule has 2 heterocycles. The molecule has 0 saturated carbocycles. The number of hydrogen-bond acceptors (Lipinski definition) is 4. The molecule has 190 valence electrons. The number of halogens is 1. The molecule has 6 nitrogen and oxygen atoms in total. The van der Waals surface area contributed by atoms with Crippen LogP contribution in [0, 0.1) is 5.92 Å². The molecule has 2 aliphatic heterocycles. The summed E-state index contributed by atoms with van der Waals surface area (Å²) in [7, 11) is 0. The van der Waals surface area contributed by atoms with E-state index in [0.717, 1.165) is 15.6 Å². The molecule has 7 heteroatoms. The molecule has 0 fully saturated rings. The fourth-order valence-electron chi connectivity index (χ4n) is 5.35. The Hall–Kier alpha value is -3.26. The molecular weight excluding hydrogens is 532 g/mol. The van der Waals surface area contributed by atoms with Gasteiger partial charge in [0.25, 0.3) is 5.91 Å². The second-order valence-electron chi connectivity index (χ2n) is 9.66. The van der Waals surface area contributed by atoms with Gasteiger partial charge in [0.1, 0.15) is 0 Å². The lowest BCUT2D eigenvalue weighted by Gasteiger charge is -2.36. The zero-order valence-corrected chi connectivity index (χ0v) is 22.1. The van der Waals surface area contributed by atoms with Crippen LogP contribution in [0.2, 0.25) is 0 Å². The SMILES string of the molecule is C[C@H](/C=C/CC(=O)N1Cc2ccccc2C[C@H]1CO)[C@@]1(O)C(=O)N(c2ccccc2)c2ccc(Br)cc21. The second-order valence-corrected chi connectivity index (χ2v) is 10.6. The third-order valence-electron chi connectivity index (χ3n) is 7.42. The van der Waals surface area contributed by atoms with Crippen LogP contribution < -0.4 is 4.90 Å². The highest BCUT2D eigenvalue weighted by Crippen LogP contribution is 2.49. The van der Waals surface area contributed by atoms with Crippen LogP contribution in [-0.4, -0.2) is 39.6 Å². The number of nitrogens with zero attached hydrogens (tertiary/aromatic N) is 2. The number of para-hydroxylation sites is 1. The van der Waals surface area contributed by atoms with Gasteiger partial charge in [-0.1, -0.05) is 77.5 Å². The van der Waals surface area contributed by atoms with Crippen molar-refractivity contribution in [2.24, 2.45) is 5.92 Å². The summed E-state index contributed by atoms with van der Waals surface area (Å²) in [5.41, 5.74) is 2.30. The Kier molecular flexibility index (Phi) is 7.03. The first-order valence-corrected chi connectivity index (χ1v) is 13.2. The smallest absolute Gasteiger partial charge is 0.268 e. The molecule has 2 aliphatic rings. The average molecular weight is 561 g/mol. The van der Waals surface area contributed by atoms with Gasteiger partial charge in [-0.2, -0.15) is 0 Å². The summed E-state index contributed by atoms with van der Waals surface area (Å²) < 4.78 is 0.763. The third kappa shape index (κ3) is 4.52. The van der Waals surface area contributed by atoms with Crippen LogP contribution in [0.15, 0.2) is 89.4 Å². The Bertz CT molecular complexity index is 1360. The number of anilines is 2. The standard InChI is InChI=1S/C30H29BrN2O4/c1-20(8-7-13-28(35)32-18-22-10-6-5-9-21(22)16-25(32)19-34)30(37)26-17-23(31)14-15-27(26)33(29(30)36)24-11-3-2-4-12-24/h2-12,14-15,17,20,25,34,37H,13,16,18-19H2,1H3/b8-7+/t20-,25+,30+/m1/s1. The van der Waals surface area contributed by atoms with Gasteiger partial charge < -0.3 is 15.1 Å².